The minimum absolute atomic E-state index is 0.0734. The lowest BCUT2D eigenvalue weighted by atomic mass is 10.1. The molecule has 0 aromatic carbocycles. The Labute approximate surface area is 111 Å². The number of amides is 2. The molecule has 1 rings (SSSR count). The lowest BCUT2D eigenvalue weighted by Crippen LogP contribution is -2.45. The van der Waals surface area contributed by atoms with Crippen LogP contribution in [-0.4, -0.2) is 28.9 Å². The van der Waals surface area contributed by atoms with Crippen molar-refractivity contribution in [2.75, 3.05) is 6.54 Å². The zero-order valence-electron chi connectivity index (χ0n) is 10.6. The number of hydrogen-bond donors (Lipinski definition) is 2. The highest BCUT2D eigenvalue weighted by Crippen LogP contribution is 2.06. The summed E-state index contributed by atoms with van der Waals surface area (Å²) in [5, 5.41) is 5.49. The molecular weight excluding hydrogens is 254 g/mol. The van der Waals surface area contributed by atoms with Crippen LogP contribution in [0.15, 0.2) is 18.3 Å². The fourth-order valence-corrected chi connectivity index (χ4v) is 1.44. The molecule has 5 nitrogen and oxygen atoms in total. The first-order valence-electron chi connectivity index (χ1n) is 5.49. The molecule has 18 heavy (non-hydrogen) atoms. The molecule has 0 unspecified atom stereocenters. The van der Waals surface area contributed by atoms with E-state index in [0.29, 0.717) is 5.56 Å². The molecule has 98 valence electrons. The average Bonchev–Trinajstić information content (AvgIpc) is 2.23. The Kier molecular flexibility index (Phi) is 4.67. The van der Waals surface area contributed by atoms with Crippen LogP contribution in [0.3, 0.4) is 0 Å². The lowest BCUT2D eigenvalue weighted by molar-refractivity contribution is -0.121. The smallest absolute Gasteiger partial charge is 0.251 e. The Bertz CT molecular complexity index is 455. The number of carbonyl (C=O) groups is 2. The van der Waals surface area contributed by atoms with Gasteiger partial charge in [-0.15, -0.1) is 0 Å². The van der Waals surface area contributed by atoms with Gasteiger partial charge in [0.15, 0.2) is 0 Å². The first-order valence-corrected chi connectivity index (χ1v) is 5.86. The van der Waals surface area contributed by atoms with Crippen molar-refractivity contribution in [3.05, 3.63) is 29.0 Å². The summed E-state index contributed by atoms with van der Waals surface area (Å²) in [4.78, 5) is 27.0. The topological polar surface area (TPSA) is 71.1 Å². The van der Waals surface area contributed by atoms with Gasteiger partial charge in [-0.3, -0.25) is 9.59 Å². The summed E-state index contributed by atoms with van der Waals surface area (Å²) in [6.45, 7) is 5.54. The predicted octanol–water partition coefficient (Wildman–Crippen LogP) is 1.38. The van der Waals surface area contributed by atoms with Gasteiger partial charge >= 0.3 is 0 Å². The van der Waals surface area contributed by atoms with Crippen LogP contribution in [0.4, 0.5) is 0 Å². The summed E-state index contributed by atoms with van der Waals surface area (Å²) >= 11 is 5.67. The van der Waals surface area contributed by atoms with Crippen molar-refractivity contribution in [1.82, 2.24) is 15.6 Å². The third-order valence-electron chi connectivity index (χ3n) is 1.91. The van der Waals surface area contributed by atoms with Crippen molar-refractivity contribution in [1.29, 1.82) is 0 Å². The van der Waals surface area contributed by atoms with Crippen LogP contribution in [0.5, 0.6) is 0 Å². The predicted molar refractivity (Wildman–Crippen MR) is 69.5 cm³/mol. The number of nitrogens with one attached hydrogen (secondary N) is 2. The van der Waals surface area contributed by atoms with Gasteiger partial charge in [0.05, 0.1) is 6.54 Å². The quantitative estimate of drug-likeness (QED) is 0.815. The van der Waals surface area contributed by atoms with Crippen LogP contribution in [0.25, 0.3) is 0 Å². The van der Waals surface area contributed by atoms with E-state index in [2.05, 4.69) is 15.6 Å². The molecule has 0 aliphatic carbocycles. The zero-order valence-corrected chi connectivity index (χ0v) is 11.3. The van der Waals surface area contributed by atoms with Gasteiger partial charge in [-0.25, -0.2) is 4.98 Å². The van der Waals surface area contributed by atoms with Crippen molar-refractivity contribution < 1.29 is 9.59 Å². The molecule has 1 aromatic heterocycles. The van der Waals surface area contributed by atoms with E-state index in [1.807, 2.05) is 20.8 Å². The molecule has 0 spiro atoms. The molecule has 1 aromatic rings. The van der Waals surface area contributed by atoms with Gasteiger partial charge in [0, 0.05) is 17.3 Å². The molecule has 0 atom stereocenters. The van der Waals surface area contributed by atoms with Crippen molar-refractivity contribution in [3.8, 4) is 0 Å². The second-order valence-corrected chi connectivity index (χ2v) is 5.24. The van der Waals surface area contributed by atoms with Crippen molar-refractivity contribution in [3.63, 3.8) is 0 Å². The van der Waals surface area contributed by atoms with Crippen molar-refractivity contribution in [2.45, 2.75) is 26.3 Å². The third-order valence-corrected chi connectivity index (χ3v) is 2.12. The van der Waals surface area contributed by atoms with Gasteiger partial charge < -0.3 is 10.6 Å². The number of carbonyl (C=O) groups excluding carboxylic acids is 2. The van der Waals surface area contributed by atoms with Crippen LogP contribution >= 0.6 is 11.6 Å². The molecule has 1 heterocycles. The normalized spacial score (nSPS) is 10.9. The van der Waals surface area contributed by atoms with Crippen molar-refractivity contribution in [2.24, 2.45) is 0 Å². The van der Waals surface area contributed by atoms with Gasteiger partial charge in [0.25, 0.3) is 5.91 Å². The van der Waals surface area contributed by atoms with Gasteiger partial charge in [-0.2, -0.15) is 0 Å². The molecule has 0 saturated carbocycles. The number of aromatic nitrogens is 1. The molecule has 2 amide bonds. The maximum atomic E-state index is 11.7. The third kappa shape index (κ3) is 5.14. The van der Waals surface area contributed by atoms with E-state index in [1.165, 1.54) is 18.3 Å². The van der Waals surface area contributed by atoms with Crippen LogP contribution < -0.4 is 10.6 Å². The fraction of sp³-hybridized carbons (Fsp3) is 0.417. The Balaban J connectivity index is 2.49. The number of pyridine rings is 1. The van der Waals surface area contributed by atoms with E-state index in [0.717, 1.165) is 0 Å². The first kappa shape index (κ1) is 14.4. The SMILES string of the molecule is CC(C)(C)NC(=O)CNC(=O)c1ccnc(Cl)c1. The Morgan fingerprint density at radius 3 is 2.61 bits per heavy atom. The summed E-state index contributed by atoms with van der Waals surface area (Å²) in [6.07, 6.45) is 1.44. The van der Waals surface area contributed by atoms with E-state index in [-0.39, 0.29) is 29.1 Å². The van der Waals surface area contributed by atoms with E-state index in [9.17, 15) is 9.59 Å². The zero-order chi connectivity index (χ0) is 13.8. The molecule has 6 heteroatoms. The Morgan fingerprint density at radius 2 is 2.06 bits per heavy atom. The summed E-state index contributed by atoms with van der Waals surface area (Å²) in [5.74, 6) is -0.598. The number of nitrogens with zero attached hydrogens (tertiary/aromatic N) is 1. The van der Waals surface area contributed by atoms with Crippen molar-refractivity contribution >= 4 is 23.4 Å². The molecule has 0 saturated heterocycles. The molecular formula is C12H16ClN3O2. The summed E-state index contributed by atoms with van der Waals surface area (Å²) in [5.41, 5.74) is 0.0560. The minimum Gasteiger partial charge on any atom is -0.350 e. The van der Waals surface area contributed by atoms with Gasteiger partial charge in [0.1, 0.15) is 5.15 Å². The summed E-state index contributed by atoms with van der Waals surface area (Å²) in [7, 11) is 0. The number of rotatable bonds is 3. The first-order chi connectivity index (χ1) is 8.28. The van der Waals surface area contributed by atoms with Crippen LogP contribution in [0.1, 0.15) is 31.1 Å². The largest absolute Gasteiger partial charge is 0.350 e. The summed E-state index contributed by atoms with van der Waals surface area (Å²) < 4.78 is 0. The maximum absolute atomic E-state index is 11.7. The van der Waals surface area contributed by atoms with Gasteiger partial charge in [-0.1, -0.05) is 11.6 Å². The van der Waals surface area contributed by atoms with Gasteiger partial charge in [-0.05, 0) is 32.9 Å². The maximum Gasteiger partial charge on any atom is 0.251 e. The Hall–Kier alpha value is -1.62. The second-order valence-electron chi connectivity index (χ2n) is 4.85. The molecule has 0 fully saturated rings. The highest BCUT2D eigenvalue weighted by Gasteiger charge is 2.14. The van der Waals surface area contributed by atoms with Crippen LogP contribution in [0, 0.1) is 0 Å². The lowest BCUT2D eigenvalue weighted by Gasteiger charge is -2.20. The van der Waals surface area contributed by atoms with Crippen LogP contribution in [-0.2, 0) is 4.79 Å². The van der Waals surface area contributed by atoms with E-state index in [4.69, 9.17) is 11.6 Å². The molecule has 0 aliphatic heterocycles. The number of hydrogen-bond acceptors (Lipinski definition) is 3. The molecule has 0 aliphatic rings. The molecule has 0 bridgehead atoms. The summed E-state index contributed by atoms with van der Waals surface area (Å²) in [6, 6.07) is 2.97. The van der Waals surface area contributed by atoms with E-state index in [1.54, 1.807) is 0 Å². The van der Waals surface area contributed by atoms with E-state index >= 15 is 0 Å². The minimum atomic E-state index is -0.358. The monoisotopic (exact) mass is 269 g/mol. The molecule has 0 radical (unpaired) electrons. The van der Waals surface area contributed by atoms with E-state index < -0.39 is 0 Å². The Morgan fingerprint density at radius 1 is 1.39 bits per heavy atom. The standard InChI is InChI=1S/C12H16ClN3O2/c1-12(2,3)16-10(17)7-15-11(18)8-4-5-14-9(13)6-8/h4-6H,7H2,1-3H3,(H,15,18)(H,16,17). The molecule has 2 N–H and O–H groups in total. The highest BCUT2D eigenvalue weighted by atomic mass is 35.5. The highest BCUT2D eigenvalue weighted by molar-refractivity contribution is 6.29. The van der Waals surface area contributed by atoms with Crippen LogP contribution in [0.2, 0.25) is 5.15 Å². The fourth-order valence-electron chi connectivity index (χ4n) is 1.27. The second kappa shape index (κ2) is 5.82. The average molecular weight is 270 g/mol. The number of halogens is 1. The van der Waals surface area contributed by atoms with Gasteiger partial charge in [0.2, 0.25) is 5.91 Å².